The summed E-state index contributed by atoms with van der Waals surface area (Å²) in [6, 6.07) is 14.3. The van der Waals surface area contributed by atoms with E-state index in [1.165, 1.54) is 59.9 Å². The molecule has 1 amide bonds. The van der Waals surface area contributed by atoms with Crippen molar-refractivity contribution in [3.05, 3.63) is 83.6 Å². The number of esters is 1. The van der Waals surface area contributed by atoms with Crippen LogP contribution in [0.4, 0.5) is 9.52 Å². The number of nitrogens with zero attached hydrogens (tertiary/aromatic N) is 2. The van der Waals surface area contributed by atoms with E-state index in [0.717, 1.165) is 0 Å². The van der Waals surface area contributed by atoms with Crippen LogP contribution in [0, 0.1) is 5.82 Å². The van der Waals surface area contributed by atoms with Gasteiger partial charge in [-0.05, 0) is 48.5 Å². The Morgan fingerprint density at radius 3 is 2.52 bits per heavy atom. The number of furan rings is 1. The molecule has 8 heteroatoms. The second kappa shape index (κ2) is 7.84. The number of aromatic nitrogens is 1. The van der Waals surface area contributed by atoms with Crippen LogP contribution in [0.2, 0.25) is 0 Å². The zero-order valence-corrected chi connectivity index (χ0v) is 16.1. The Balaban J connectivity index is 1.72. The highest BCUT2D eigenvalue weighted by Gasteiger charge is 2.23. The van der Waals surface area contributed by atoms with Gasteiger partial charge in [0.2, 0.25) is 0 Å². The summed E-state index contributed by atoms with van der Waals surface area (Å²) < 4.78 is 24.8. The van der Waals surface area contributed by atoms with E-state index < -0.39 is 11.8 Å². The number of amides is 1. The lowest BCUT2D eigenvalue weighted by Gasteiger charge is -2.19. The number of ether oxygens (including phenoxy) is 1. The minimum Gasteiger partial charge on any atom is -0.467 e. The van der Waals surface area contributed by atoms with Crippen LogP contribution < -0.4 is 4.90 Å². The Labute approximate surface area is 169 Å². The standard InChI is InChI=1S/C21H15FN2O4S/c1-27-20(26)14-9-7-13(8-10-14)19(25)24(12-15-4-3-11-28-15)21-23-18-16(22)5-2-6-17(18)29-21/h2-11H,12H2,1H3. The van der Waals surface area contributed by atoms with Gasteiger partial charge in [0.05, 0.1) is 30.2 Å². The Bertz CT molecular complexity index is 1170. The van der Waals surface area contributed by atoms with E-state index in [2.05, 4.69) is 9.72 Å². The predicted octanol–water partition coefficient (Wildman–Crippen LogP) is 4.66. The quantitative estimate of drug-likeness (QED) is 0.448. The number of carbonyl (C=O) groups is 2. The van der Waals surface area contributed by atoms with E-state index >= 15 is 0 Å². The van der Waals surface area contributed by atoms with Crippen LogP contribution in [0.25, 0.3) is 10.2 Å². The van der Waals surface area contributed by atoms with Gasteiger partial charge in [0.1, 0.15) is 17.1 Å². The zero-order chi connectivity index (χ0) is 20.4. The first-order chi connectivity index (χ1) is 14.1. The number of para-hydroxylation sites is 1. The molecule has 2 aromatic carbocycles. The van der Waals surface area contributed by atoms with E-state index in [1.807, 2.05) is 0 Å². The van der Waals surface area contributed by atoms with Gasteiger partial charge in [-0.2, -0.15) is 0 Å². The van der Waals surface area contributed by atoms with E-state index in [9.17, 15) is 14.0 Å². The molecular weight excluding hydrogens is 395 g/mol. The first-order valence-corrected chi connectivity index (χ1v) is 9.46. The third-order valence-corrected chi connectivity index (χ3v) is 5.33. The van der Waals surface area contributed by atoms with Crippen molar-refractivity contribution in [1.82, 2.24) is 4.98 Å². The number of anilines is 1. The molecule has 6 nitrogen and oxygen atoms in total. The molecular formula is C21H15FN2O4S. The molecule has 0 aliphatic rings. The average Bonchev–Trinajstić information content (AvgIpc) is 3.41. The fourth-order valence-corrected chi connectivity index (χ4v) is 3.80. The largest absolute Gasteiger partial charge is 0.467 e. The number of halogens is 1. The van der Waals surface area contributed by atoms with Crippen molar-refractivity contribution in [2.75, 3.05) is 12.0 Å². The molecule has 146 valence electrons. The van der Waals surface area contributed by atoms with Crippen LogP contribution in [0.3, 0.4) is 0 Å². The number of methoxy groups -OCH3 is 1. The van der Waals surface area contributed by atoms with Crippen LogP contribution in [-0.2, 0) is 11.3 Å². The molecule has 0 saturated carbocycles. The first-order valence-electron chi connectivity index (χ1n) is 8.64. The van der Waals surface area contributed by atoms with Gasteiger partial charge < -0.3 is 9.15 Å². The molecule has 29 heavy (non-hydrogen) atoms. The maximum atomic E-state index is 14.1. The Morgan fingerprint density at radius 2 is 1.86 bits per heavy atom. The van der Waals surface area contributed by atoms with Crippen molar-refractivity contribution >= 4 is 38.6 Å². The number of benzene rings is 2. The smallest absolute Gasteiger partial charge is 0.337 e. The Hall–Kier alpha value is -3.52. The molecule has 2 heterocycles. The summed E-state index contributed by atoms with van der Waals surface area (Å²) in [5.74, 6) is -0.725. The maximum absolute atomic E-state index is 14.1. The van der Waals surface area contributed by atoms with Gasteiger partial charge in [-0.3, -0.25) is 9.69 Å². The summed E-state index contributed by atoms with van der Waals surface area (Å²) in [7, 11) is 1.29. The molecule has 0 fully saturated rings. The van der Waals surface area contributed by atoms with E-state index in [0.29, 0.717) is 26.7 Å². The molecule has 4 rings (SSSR count). The average molecular weight is 410 g/mol. The molecule has 0 aliphatic carbocycles. The van der Waals surface area contributed by atoms with Gasteiger partial charge in [-0.15, -0.1) is 0 Å². The number of fused-ring (bicyclic) bond motifs is 1. The minimum absolute atomic E-state index is 0.131. The van der Waals surface area contributed by atoms with Crippen LogP contribution in [-0.4, -0.2) is 24.0 Å². The minimum atomic E-state index is -0.488. The summed E-state index contributed by atoms with van der Waals surface area (Å²) in [5.41, 5.74) is 0.901. The number of hydrogen-bond donors (Lipinski definition) is 0. The molecule has 0 aliphatic heterocycles. The molecule has 4 aromatic rings. The maximum Gasteiger partial charge on any atom is 0.337 e. The Morgan fingerprint density at radius 1 is 1.10 bits per heavy atom. The number of thiazole rings is 1. The van der Waals surface area contributed by atoms with Gasteiger partial charge >= 0.3 is 5.97 Å². The lowest BCUT2D eigenvalue weighted by molar-refractivity contribution is 0.0600. The summed E-state index contributed by atoms with van der Waals surface area (Å²) in [5, 5.41) is 0.351. The van der Waals surface area contributed by atoms with Gasteiger partial charge in [0.25, 0.3) is 5.91 Å². The summed E-state index contributed by atoms with van der Waals surface area (Å²) in [6.07, 6.45) is 1.52. The van der Waals surface area contributed by atoms with Crippen LogP contribution >= 0.6 is 11.3 Å². The van der Waals surface area contributed by atoms with Crippen LogP contribution in [0.1, 0.15) is 26.5 Å². The highest BCUT2D eigenvalue weighted by atomic mass is 32.1. The SMILES string of the molecule is COC(=O)c1ccc(C(=O)N(Cc2ccco2)c2nc3c(F)cccc3s2)cc1. The topological polar surface area (TPSA) is 72.6 Å². The van der Waals surface area contributed by atoms with Crippen molar-refractivity contribution in [3.8, 4) is 0 Å². The lowest BCUT2D eigenvalue weighted by Crippen LogP contribution is -2.30. The van der Waals surface area contributed by atoms with E-state index in [1.54, 1.807) is 24.3 Å². The summed E-state index contributed by atoms with van der Waals surface area (Å²) >= 11 is 1.21. The summed E-state index contributed by atoms with van der Waals surface area (Å²) in [4.78, 5) is 30.6. The third-order valence-electron chi connectivity index (χ3n) is 4.28. The van der Waals surface area contributed by atoms with Crippen molar-refractivity contribution in [2.45, 2.75) is 6.54 Å². The van der Waals surface area contributed by atoms with Crippen LogP contribution in [0.15, 0.2) is 65.3 Å². The number of hydrogen-bond acceptors (Lipinski definition) is 6. The van der Waals surface area contributed by atoms with E-state index in [-0.39, 0.29) is 18.0 Å². The van der Waals surface area contributed by atoms with Crippen molar-refractivity contribution < 1.29 is 23.1 Å². The van der Waals surface area contributed by atoms with Gasteiger partial charge in [-0.1, -0.05) is 17.4 Å². The molecule has 0 N–H and O–H groups in total. The fraction of sp³-hybridized carbons (Fsp3) is 0.0952. The molecule has 0 radical (unpaired) electrons. The highest BCUT2D eigenvalue weighted by Crippen LogP contribution is 2.32. The normalized spacial score (nSPS) is 10.8. The van der Waals surface area contributed by atoms with Gasteiger partial charge in [0.15, 0.2) is 5.13 Å². The van der Waals surface area contributed by atoms with Crippen molar-refractivity contribution in [2.24, 2.45) is 0 Å². The Kier molecular flexibility index (Phi) is 5.09. The van der Waals surface area contributed by atoms with Crippen LogP contribution in [0.5, 0.6) is 0 Å². The second-order valence-corrected chi connectivity index (χ2v) is 7.13. The molecule has 2 aromatic heterocycles. The summed E-state index contributed by atoms with van der Waals surface area (Å²) in [6.45, 7) is 0.131. The highest BCUT2D eigenvalue weighted by molar-refractivity contribution is 7.22. The van der Waals surface area contributed by atoms with Gasteiger partial charge in [-0.25, -0.2) is 14.2 Å². The fourth-order valence-electron chi connectivity index (χ4n) is 2.83. The van der Waals surface area contributed by atoms with Gasteiger partial charge in [0, 0.05) is 5.56 Å². The predicted molar refractivity (Wildman–Crippen MR) is 107 cm³/mol. The molecule has 0 bridgehead atoms. The molecule has 0 spiro atoms. The second-order valence-electron chi connectivity index (χ2n) is 6.12. The molecule has 0 atom stereocenters. The lowest BCUT2D eigenvalue weighted by atomic mass is 10.1. The third kappa shape index (κ3) is 3.74. The number of carbonyl (C=O) groups excluding carboxylic acids is 2. The molecule has 0 saturated heterocycles. The first kappa shape index (κ1) is 18.8. The molecule has 0 unspecified atom stereocenters. The number of rotatable bonds is 5. The van der Waals surface area contributed by atoms with Crippen molar-refractivity contribution in [1.29, 1.82) is 0 Å². The van der Waals surface area contributed by atoms with Crippen molar-refractivity contribution in [3.63, 3.8) is 0 Å². The monoisotopic (exact) mass is 410 g/mol. The van der Waals surface area contributed by atoms with E-state index in [4.69, 9.17) is 4.42 Å². The zero-order valence-electron chi connectivity index (χ0n) is 15.3.